The Morgan fingerprint density at radius 2 is 1.71 bits per heavy atom. The third-order valence-electron chi connectivity index (χ3n) is 7.95. The van der Waals surface area contributed by atoms with E-state index in [0.29, 0.717) is 30.4 Å². The average molecular weight is 583 g/mol. The molecule has 1 aliphatic rings. The molecule has 0 heterocycles. The summed E-state index contributed by atoms with van der Waals surface area (Å²) in [7, 11) is 0. The molecule has 0 radical (unpaired) electrons. The van der Waals surface area contributed by atoms with Crippen molar-refractivity contribution < 1.29 is 19.0 Å². The molecule has 1 saturated carbocycles. The second kappa shape index (κ2) is 15.3. The predicted molar refractivity (Wildman–Crippen MR) is 165 cm³/mol. The summed E-state index contributed by atoms with van der Waals surface area (Å²) < 4.78 is 20.4. The maximum Gasteiger partial charge on any atom is 0.217 e. The van der Waals surface area contributed by atoms with Gasteiger partial charge >= 0.3 is 0 Å². The van der Waals surface area contributed by atoms with Gasteiger partial charge < -0.3 is 20.5 Å². The zero-order valence-electron chi connectivity index (χ0n) is 24.4. The highest BCUT2D eigenvalue weighted by molar-refractivity contribution is 5.85. The molecule has 0 aromatic heterocycles. The Morgan fingerprint density at radius 3 is 2.39 bits per heavy atom. The lowest BCUT2D eigenvalue weighted by Gasteiger charge is -2.40. The average Bonchev–Trinajstić information content (AvgIpc) is 2.95. The van der Waals surface area contributed by atoms with Crippen LogP contribution in [-0.4, -0.2) is 29.7 Å². The summed E-state index contributed by atoms with van der Waals surface area (Å²) in [4.78, 5) is 12.1. The molecule has 41 heavy (non-hydrogen) atoms. The van der Waals surface area contributed by atoms with Gasteiger partial charge in [-0.2, -0.15) is 0 Å². The molecule has 0 aliphatic heterocycles. The second-order valence-electron chi connectivity index (χ2n) is 11.5. The van der Waals surface area contributed by atoms with E-state index < -0.39 is 18.0 Å². The van der Waals surface area contributed by atoms with Crippen LogP contribution in [0.15, 0.2) is 72.8 Å². The van der Waals surface area contributed by atoms with E-state index in [1.807, 2.05) is 30.3 Å². The van der Waals surface area contributed by atoms with E-state index in [4.69, 9.17) is 4.74 Å². The van der Waals surface area contributed by atoms with Gasteiger partial charge in [0.25, 0.3) is 0 Å². The summed E-state index contributed by atoms with van der Waals surface area (Å²) in [5.41, 5.74) is 3.98. The Hall–Kier alpha value is -2.93. The quantitative estimate of drug-likeness (QED) is 0.219. The summed E-state index contributed by atoms with van der Waals surface area (Å²) in [6.07, 6.45) is 4.86. The van der Waals surface area contributed by atoms with Crippen molar-refractivity contribution in [2.45, 2.75) is 89.5 Å². The van der Waals surface area contributed by atoms with Gasteiger partial charge in [0, 0.05) is 25.1 Å². The molecule has 1 amide bonds. The lowest BCUT2D eigenvalue weighted by atomic mass is 9.75. The summed E-state index contributed by atoms with van der Waals surface area (Å²) >= 11 is 0. The zero-order chi connectivity index (χ0) is 28.5. The fourth-order valence-electron chi connectivity index (χ4n) is 5.72. The van der Waals surface area contributed by atoms with E-state index in [1.165, 1.54) is 36.6 Å². The number of amides is 1. The van der Waals surface area contributed by atoms with Crippen molar-refractivity contribution in [1.29, 1.82) is 0 Å². The van der Waals surface area contributed by atoms with Crippen LogP contribution in [-0.2, 0) is 23.4 Å². The number of benzene rings is 3. The lowest BCUT2D eigenvalue weighted by molar-refractivity contribution is -0.120. The van der Waals surface area contributed by atoms with Gasteiger partial charge in [0.05, 0.1) is 12.1 Å². The number of rotatable bonds is 12. The van der Waals surface area contributed by atoms with Gasteiger partial charge in [0.1, 0.15) is 18.2 Å². The van der Waals surface area contributed by atoms with Gasteiger partial charge in [-0.15, -0.1) is 12.4 Å². The van der Waals surface area contributed by atoms with Crippen LogP contribution in [0.4, 0.5) is 4.39 Å². The van der Waals surface area contributed by atoms with Gasteiger partial charge in [0.15, 0.2) is 0 Å². The highest BCUT2D eigenvalue weighted by atomic mass is 35.5. The van der Waals surface area contributed by atoms with Gasteiger partial charge in [-0.05, 0) is 59.6 Å². The third kappa shape index (κ3) is 9.29. The summed E-state index contributed by atoms with van der Waals surface area (Å²) in [5, 5.41) is 18.0. The normalized spacial score (nSPS) is 16.0. The van der Waals surface area contributed by atoms with Crippen LogP contribution in [0.5, 0.6) is 5.75 Å². The number of ether oxygens (including phenoxy) is 1. The molecule has 3 aromatic carbocycles. The standard InChI is InChI=1S/C34H43FN2O3.ClH/c1-24(2)28-13-10-14-29(20-28)34(15-8-5-9-16-34)36-22-33(39)32(37-25(3)38)19-27-17-30(35)21-31(18-27)40-23-26-11-6-4-7-12-26;/h4,6-7,10-14,17-18,20-21,24,32-33,36,39H,5,8-9,15-16,19,22-23H2,1-3H3,(H,37,38);1H/t32-,33-;/m0./s1. The third-order valence-corrected chi connectivity index (χ3v) is 7.95. The van der Waals surface area contributed by atoms with Crippen LogP contribution >= 0.6 is 12.4 Å². The number of aliphatic hydroxyl groups is 1. The lowest BCUT2D eigenvalue weighted by Crippen LogP contribution is -2.53. The molecular weight excluding hydrogens is 539 g/mol. The fraction of sp³-hybridized carbons (Fsp3) is 0.441. The number of carbonyl (C=O) groups excluding carboxylic acids is 1. The molecule has 222 valence electrons. The van der Waals surface area contributed by atoms with Crippen molar-refractivity contribution >= 4 is 18.3 Å². The Kier molecular flexibility index (Phi) is 12.2. The minimum atomic E-state index is -0.868. The van der Waals surface area contributed by atoms with Crippen LogP contribution in [0.1, 0.15) is 81.0 Å². The largest absolute Gasteiger partial charge is 0.489 e. The van der Waals surface area contributed by atoms with Crippen LogP contribution in [0.3, 0.4) is 0 Å². The molecule has 3 aromatic rings. The molecule has 4 rings (SSSR count). The van der Waals surface area contributed by atoms with E-state index >= 15 is 0 Å². The Labute approximate surface area is 250 Å². The number of aliphatic hydroxyl groups excluding tert-OH is 1. The second-order valence-corrected chi connectivity index (χ2v) is 11.5. The van der Waals surface area contributed by atoms with E-state index in [2.05, 4.69) is 48.7 Å². The number of nitrogens with one attached hydrogen (secondary N) is 2. The van der Waals surface area contributed by atoms with Crippen molar-refractivity contribution in [3.8, 4) is 5.75 Å². The minimum absolute atomic E-state index is 0. The molecule has 0 spiro atoms. The van der Waals surface area contributed by atoms with E-state index in [9.17, 15) is 14.3 Å². The summed E-state index contributed by atoms with van der Waals surface area (Å²) in [5.74, 6) is 0.196. The maximum absolute atomic E-state index is 14.5. The molecule has 0 unspecified atom stereocenters. The van der Waals surface area contributed by atoms with Crippen molar-refractivity contribution in [2.24, 2.45) is 0 Å². The Bertz CT molecular complexity index is 1250. The monoisotopic (exact) mass is 582 g/mol. The number of halogens is 2. The van der Waals surface area contributed by atoms with Crippen molar-refractivity contribution in [3.63, 3.8) is 0 Å². The molecule has 7 heteroatoms. The molecule has 1 fully saturated rings. The molecular formula is C34H44ClFN2O3. The smallest absolute Gasteiger partial charge is 0.217 e. The van der Waals surface area contributed by atoms with Gasteiger partial charge in [-0.1, -0.05) is 87.7 Å². The van der Waals surface area contributed by atoms with Crippen molar-refractivity contribution in [3.05, 3.63) is 101 Å². The number of carbonyl (C=O) groups is 1. The molecule has 5 nitrogen and oxygen atoms in total. The van der Waals surface area contributed by atoms with Crippen LogP contribution < -0.4 is 15.4 Å². The molecule has 0 bridgehead atoms. The molecule has 1 aliphatic carbocycles. The number of hydrogen-bond donors (Lipinski definition) is 3. The summed E-state index contributed by atoms with van der Waals surface area (Å²) in [6.45, 7) is 6.47. The Balaban J connectivity index is 0.00000462. The fourth-order valence-corrected chi connectivity index (χ4v) is 5.72. The first-order chi connectivity index (χ1) is 19.2. The van der Waals surface area contributed by atoms with Gasteiger partial charge in [-0.25, -0.2) is 4.39 Å². The van der Waals surface area contributed by atoms with Crippen LogP contribution in [0, 0.1) is 5.82 Å². The highest BCUT2D eigenvalue weighted by Gasteiger charge is 2.35. The molecule has 0 saturated heterocycles. The maximum atomic E-state index is 14.5. The van der Waals surface area contributed by atoms with Crippen molar-refractivity contribution in [2.75, 3.05) is 6.54 Å². The van der Waals surface area contributed by atoms with Crippen molar-refractivity contribution in [1.82, 2.24) is 10.6 Å². The SMILES string of the molecule is CC(=O)N[C@@H](Cc1cc(F)cc(OCc2ccccc2)c1)[C@@H](O)CNC1(c2cccc(C(C)C)c2)CCCCC1.Cl. The topological polar surface area (TPSA) is 70.6 Å². The zero-order valence-corrected chi connectivity index (χ0v) is 25.2. The highest BCUT2D eigenvalue weighted by Crippen LogP contribution is 2.38. The van der Waals surface area contributed by atoms with Gasteiger partial charge in [0.2, 0.25) is 5.91 Å². The predicted octanol–water partition coefficient (Wildman–Crippen LogP) is 6.81. The van der Waals surface area contributed by atoms with E-state index in [1.54, 1.807) is 6.07 Å². The minimum Gasteiger partial charge on any atom is -0.489 e. The number of hydrogen-bond acceptors (Lipinski definition) is 4. The van der Waals surface area contributed by atoms with E-state index in [0.717, 1.165) is 31.2 Å². The first-order valence-electron chi connectivity index (χ1n) is 14.5. The van der Waals surface area contributed by atoms with Crippen LogP contribution in [0.25, 0.3) is 0 Å². The van der Waals surface area contributed by atoms with E-state index in [-0.39, 0.29) is 30.3 Å². The molecule has 2 atom stereocenters. The first kappa shape index (κ1) is 32.6. The van der Waals surface area contributed by atoms with Gasteiger partial charge in [-0.3, -0.25) is 4.79 Å². The van der Waals surface area contributed by atoms with Crippen LogP contribution in [0.2, 0.25) is 0 Å². The summed E-state index contributed by atoms with van der Waals surface area (Å²) in [6, 6.07) is 22.5. The molecule has 3 N–H and O–H groups in total. The Morgan fingerprint density at radius 1 is 0.976 bits per heavy atom. The first-order valence-corrected chi connectivity index (χ1v) is 14.5.